The molecule has 12 aromatic rings. The van der Waals surface area contributed by atoms with Gasteiger partial charge in [0.25, 0.3) is 0 Å². The van der Waals surface area contributed by atoms with Gasteiger partial charge in [-0.2, -0.15) is 0 Å². The summed E-state index contributed by atoms with van der Waals surface area (Å²) < 4.78 is 64.8. The quantitative estimate of drug-likeness (QED) is 0.111. The van der Waals surface area contributed by atoms with Crippen LogP contribution in [-0.2, 0) is 0 Å². The van der Waals surface area contributed by atoms with Gasteiger partial charge in [0.2, 0.25) is 0 Å². The normalized spacial score (nSPS) is 11.6. The van der Waals surface area contributed by atoms with Crippen LogP contribution in [0.25, 0.3) is 76.1 Å². The maximum Gasteiger partial charge on any atom is 0.150 e. The van der Waals surface area contributed by atoms with Gasteiger partial charge in [0.05, 0.1) is 22.7 Å². The lowest BCUT2D eigenvalue weighted by atomic mass is 9.91. The second-order valence-corrected chi connectivity index (χ2v) is 16.6. The molecule has 0 saturated heterocycles. The molecule has 0 N–H and O–H groups in total. The van der Waals surface area contributed by atoms with E-state index in [1.807, 2.05) is 180 Å². The first-order chi connectivity index (χ1) is 32.4. The molecule has 0 radical (unpaired) electrons. The van der Waals surface area contributed by atoms with Crippen LogP contribution in [-0.4, -0.2) is 0 Å². The highest BCUT2D eigenvalue weighted by Gasteiger charge is 2.28. The van der Waals surface area contributed by atoms with E-state index in [1.165, 1.54) is 12.1 Å². The van der Waals surface area contributed by atoms with E-state index in [0.29, 0.717) is 45.0 Å². The van der Waals surface area contributed by atoms with Crippen molar-refractivity contribution >= 4 is 88.0 Å². The largest absolute Gasteiger partial charge is 0.307 e. The van der Waals surface area contributed by atoms with E-state index in [1.54, 1.807) is 0 Å². The zero-order valence-electron chi connectivity index (χ0n) is 35.2. The summed E-state index contributed by atoms with van der Waals surface area (Å²) in [6, 6.07) is 67.6. The van der Waals surface area contributed by atoms with E-state index >= 15 is 17.6 Å². The third kappa shape index (κ3) is 6.49. The second kappa shape index (κ2) is 15.6. The summed E-state index contributed by atoms with van der Waals surface area (Å²) in [5.74, 6) is -2.78. The SMILES string of the molecule is Fc1cc(F)c(N(c2ccccc2)c2ccc3ccc4c(N(c5ccccc5)c5c(F)cc(F)cc5-c5ccc6ccccc6c5)ccc5ccc2c3c54)c(-c2ccc3ccccc3c2)c1. The lowest BCUT2D eigenvalue weighted by Crippen LogP contribution is -2.15. The van der Waals surface area contributed by atoms with E-state index in [2.05, 4.69) is 24.3 Å². The van der Waals surface area contributed by atoms with Gasteiger partial charge in [-0.1, -0.05) is 146 Å². The second-order valence-electron chi connectivity index (χ2n) is 16.6. The zero-order valence-corrected chi connectivity index (χ0v) is 35.2. The molecule has 0 amide bonds. The molecule has 0 aliphatic heterocycles. The Morgan fingerprint density at radius 1 is 0.288 bits per heavy atom. The number of fused-ring (bicyclic) bond motifs is 2. The minimum absolute atomic E-state index is 0.205. The predicted octanol–water partition coefficient (Wildman–Crippen LogP) is 17.7. The number of nitrogens with zero attached hydrogens (tertiary/aromatic N) is 2. The van der Waals surface area contributed by atoms with Gasteiger partial charge in [-0.3, -0.25) is 0 Å². The Hall–Kier alpha value is -8.48. The van der Waals surface area contributed by atoms with Gasteiger partial charge in [-0.25, -0.2) is 17.6 Å². The van der Waals surface area contributed by atoms with E-state index in [9.17, 15) is 0 Å². The molecule has 12 rings (SSSR count). The van der Waals surface area contributed by atoms with Crippen molar-refractivity contribution in [2.45, 2.75) is 0 Å². The standard InChI is InChI=1S/C60H36F4N2/c61-45-33-51(43-21-19-37-11-7-9-13-41(37)31-43)59(53(63)35-45)65(47-15-3-1-4-16-47)55-29-25-39-24-28-50-56(30-26-40-23-27-49(55)57(39)58(40)50)66(48-17-5-2-6-18-48)60-52(34-46(62)36-54(60)64)44-22-20-38-12-8-10-14-42(38)32-44/h1-36H. The maximum atomic E-state index is 16.9. The number of hydrogen-bond donors (Lipinski definition) is 0. The first-order valence-electron chi connectivity index (χ1n) is 21.8. The number of benzene rings is 12. The minimum atomic E-state index is -0.711. The highest BCUT2D eigenvalue weighted by molar-refractivity contribution is 6.28. The van der Waals surface area contributed by atoms with Crippen LogP contribution in [0.4, 0.5) is 51.7 Å². The van der Waals surface area contributed by atoms with Crippen molar-refractivity contribution in [2.75, 3.05) is 9.80 Å². The van der Waals surface area contributed by atoms with Crippen molar-refractivity contribution < 1.29 is 17.6 Å². The summed E-state index contributed by atoms with van der Waals surface area (Å²) in [7, 11) is 0. The Kier molecular flexibility index (Phi) is 9.28. The molecular weight excluding hydrogens is 825 g/mol. The van der Waals surface area contributed by atoms with Gasteiger partial charge in [0.1, 0.15) is 11.6 Å². The summed E-state index contributed by atoms with van der Waals surface area (Å²) in [5.41, 5.74) is 5.29. The lowest BCUT2D eigenvalue weighted by molar-refractivity contribution is 0.584. The fourth-order valence-electron chi connectivity index (χ4n) is 9.83. The highest BCUT2D eigenvalue weighted by atomic mass is 19.1. The molecule has 0 spiro atoms. The molecule has 0 atom stereocenters. The summed E-state index contributed by atoms with van der Waals surface area (Å²) in [5, 5.41) is 9.32. The van der Waals surface area contributed by atoms with Gasteiger partial charge >= 0.3 is 0 Å². The Balaban J connectivity index is 1.11. The smallest absolute Gasteiger partial charge is 0.150 e. The Bertz CT molecular complexity index is 3580. The Morgan fingerprint density at radius 3 is 1.08 bits per heavy atom. The molecule has 12 aromatic carbocycles. The van der Waals surface area contributed by atoms with E-state index in [0.717, 1.165) is 66.0 Å². The third-order valence-corrected chi connectivity index (χ3v) is 12.8. The molecule has 6 heteroatoms. The molecule has 0 bridgehead atoms. The van der Waals surface area contributed by atoms with Crippen molar-refractivity contribution in [2.24, 2.45) is 0 Å². The number of para-hydroxylation sites is 2. The van der Waals surface area contributed by atoms with Crippen LogP contribution < -0.4 is 9.80 Å². The molecule has 314 valence electrons. The number of hydrogen-bond acceptors (Lipinski definition) is 2. The molecule has 0 saturated carbocycles. The molecule has 0 heterocycles. The fourth-order valence-corrected chi connectivity index (χ4v) is 9.83. The molecule has 66 heavy (non-hydrogen) atoms. The topological polar surface area (TPSA) is 6.48 Å². The summed E-state index contributed by atoms with van der Waals surface area (Å²) in [6.45, 7) is 0. The van der Waals surface area contributed by atoms with Crippen molar-refractivity contribution in [3.63, 3.8) is 0 Å². The van der Waals surface area contributed by atoms with E-state index in [-0.39, 0.29) is 11.4 Å². The van der Waals surface area contributed by atoms with Crippen LogP contribution >= 0.6 is 0 Å². The van der Waals surface area contributed by atoms with Gasteiger partial charge in [-0.05, 0) is 115 Å². The summed E-state index contributed by atoms with van der Waals surface area (Å²) in [6.07, 6.45) is 0. The van der Waals surface area contributed by atoms with Crippen molar-refractivity contribution in [1.29, 1.82) is 0 Å². The average Bonchev–Trinajstić information content (AvgIpc) is 3.35. The van der Waals surface area contributed by atoms with Gasteiger partial charge in [0, 0.05) is 45.4 Å². The number of anilines is 6. The van der Waals surface area contributed by atoms with Crippen LogP contribution in [0.5, 0.6) is 0 Å². The van der Waals surface area contributed by atoms with Crippen LogP contribution in [0.15, 0.2) is 218 Å². The van der Waals surface area contributed by atoms with E-state index < -0.39 is 23.3 Å². The monoisotopic (exact) mass is 860 g/mol. The average molecular weight is 861 g/mol. The molecule has 0 aliphatic carbocycles. The Labute approximate surface area is 377 Å². The fraction of sp³-hybridized carbons (Fsp3) is 0. The molecule has 0 aromatic heterocycles. The van der Waals surface area contributed by atoms with Crippen LogP contribution in [0, 0.1) is 23.3 Å². The highest BCUT2D eigenvalue weighted by Crippen LogP contribution is 2.51. The van der Waals surface area contributed by atoms with Crippen LogP contribution in [0.2, 0.25) is 0 Å². The first-order valence-corrected chi connectivity index (χ1v) is 21.8. The molecule has 0 fully saturated rings. The minimum Gasteiger partial charge on any atom is -0.307 e. The predicted molar refractivity (Wildman–Crippen MR) is 265 cm³/mol. The van der Waals surface area contributed by atoms with Gasteiger partial charge in [0.15, 0.2) is 11.6 Å². The van der Waals surface area contributed by atoms with Gasteiger partial charge in [-0.15, -0.1) is 0 Å². The lowest BCUT2D eigenvalue weighted by Gasteiger charge is -2.31. The first kappa shape index (κ1) is 39.1. The zero-order chi connectivity index (χ0) is 44.5. The van der Waals surface area contributed by atoms with Crippen molar-refractivity contribution in [1.82, 2.24) is 0 Å². The molecule has 0 aliphatic rings. The summed E-state index contributed by atoms with van der Waals surface area (Å²) >= 11 is 0. The van der Waals surface area contributed by atoms with Crippen LogP contribution in [0.1, 0.15) is 0 Å². The number of rotatable bonds is 8. The number of halogens is 4. The summed E-state index contributed by atoms with van der Waals surface area (Å²) in [4.78, 5) is 3.76. The van der Waals surface area contributed by atoms with Crippen LogP contribution in [0.3, 0.4) is 0 Å². The molecule has 0 unspecified atom stereocenters. The molecule has 2 nitrogen and oxygen atoms in total. The van der Waals surface area contributed by atoms with Crippen molar-refractivity contribution in [3.05, 3.63) is 242 Å². The maximum absolute atomic E-state index is 16.9. The van der Waals surface area contributed by atoms with Gasteiger partial charge < -0.3 is 9.80 Å². The van der Waals surface area contributed by atoms with E-state index in [4.69, 9.17) is 0 Å². The third-order valence-electron chi connectivity index (χ3n) is 12.8. The Morgan fingerprint density at radius 2 is 0.652 bits per heavy atom. The van der Waals surface area contributed by atoms with Crippen molar-refractivity contribution in [3.8, 4) is 22.3 Å². The molecular formula is C60H36F4N2.